The van der Waals surface area contributed by atoms with Crippen molar-refractivity contribution in [3.05, 3.63) is 107 Å². The van der Waals surface area contributed by atoms with Crippen molar-refractivity contribution in [3.8, 4) is 0 Å². The molecule has 0 saturated carbocycles. The van der Waals surface area contributed by atoms with Crippen LogP contribution in [0.1, 0.15) is 56.7 Å². The molecule has 0 aliphatic carbocycles. The topological polar surface area (TPSA) is 49.4 Å². The molecule has 1 atom stereocenters. The molecular weight excluding hydrogens is 427 g/mol. The third-order valence-electron chi connectivity index (χ3n) is 5.75. The summed E-state index contributed by atoms with van der Waals surface area (Å²) < 4.78 is 14.5. The van der Waals surface area contributed by atoms with Crippen molar-refractivity contribution in [2.45, 2.75) is 58.2 Å². The van der Waals surface area contributed by atoms with Crippen LogP contribution in [0.4, 0.5) is 4.39 Å². The van der Waals surface area contributed by atoms with Gasteiger partial charge in [-0.15, -0.1) is 0 Å². The molecule has 0 saturated heterocycles. The molecule has 5 heteroatoms. The van der Waals surface area contributed by atoms with Crippen LogP contribution in [0.2, 0.25) is 0 Å². The highest BCUT2D eigenvalue weighted by Gasteiger charge is 2.31. The maximum Gasteiger partial charge on any atom is 0.242 e. The number of hydrogen-bond acceptors (Lipinski definition) is 2. The second kappa shape index (κ2) is 11.1. The van der Waals surface area contributed by atoms with Crippen LogP contribution >= 0.6 is 0 Å². The van der Waals surface area contributed by atoms with E-state index < -0.39 is 17.4 Å². The van der Waals surface area contributed by atoms with Gasteiger partial charge in [-0.2, -0.15) is 0 Å². The van der Waals surface area contributed by atoms with Gasteiger partial charge in [0.15, 0.2) is 0 Å². The predicted octanol–water partition coefficient (Wildman–Crippen LogP) is 5.68. The zero-order valence-corrected chi connectivity index (χ0v) is 20.3. The molecule has 0 heterocycles. The van der Waals surface area contributed by atoms with E-state index in [1.807, 2.05) is 81.4 Å². The van der Waals surface area contributed by atoms with E-state index in [1.165, 1.54) is 11.0 Å². The molecule has 1 N–H and O–H groups in total. The zero-order valence-electron chi connectivity index (χ0n) is 20.3. The molecule has 0 fully saturated rings. The standard InChI is InChI=1S/C29H33FN2O2/c1-21(28(34)31-29(2,3)4)32(20-24-17-11-12-18-26(24)30)27(33)19-25(22-13-7-5-8-14-22)23-15-9-6-10-16-23/h5-18,21,25H,19-20H2,1-4H3,(H,31,34)/t21-/m1/s1. The van der Waals surface area contributed by atoms with Crippen molar-refractivity contribution in [2.24, 2.45) is 0 Å². The fraction of sp³-hybridized carbons (Fsp3) is 0.310. The van der Waals surface area contributed by atoms with Crippen molar-refractivity contribution in [1.29, 1.82) is 0 Å². The summed E-state index contributed by atoms with van der Waals surface area (Å²) >= 11 is 0. The number of nitrogens with zero attached hydrogens (tertiary/aromatic N) is 1. The Hall–Kier alpha value is -3.47. The van der Waals surface area contributed by atoms with Crippen molar-refractivity contribution >= 4 is 11.8 Å². The van der Waals surface area contributed by atoms with Crippen LogP contribution < -0.4 is 5.32 Å². The number of halogens is 1. The molecule has 4 nitrogen and oxygen atoms in total. The molecule has 0 aliphatic rings. The minimum Gasteiger partial charge on any atom is -0.350 e. The molecule has 3 aromatic carbocycles. The second-order valence-corrected chi connectivity index (χ2v) is 9.61. The highest BCUT2D eigenvalue weighted by molar-refractivity contribution is 5.88. The van der Waals surface area contributed by atoms with Crippen LogP contribution in [-0.4, -0.2) is 28.3 Å². The average Bonchev–Trinajstić information content (AvgIpc) is 2.81. The summed E-state index contributed by atoms with van der Waals surface area (Å²) in [5.41, 5.74) is 1.95. The summed E-state index contributed by atoms with van der Waals surface area (Å²) in [6.45, 7) is 7.38. The summed E-state index contributed by atoms with van der Waals surface area (Å²) in [7, 11) is 0. The quantitative estimate of drug-likeness (QED) is 0.470. The predicted molar refractivity (Wildman–Crippen MR) is 134 cm³/mol. The van der Waals surface area contributed by atoms with E-state index in [9.17, 15) is 14.0 Å². The van der Waals surface area contributed by atoms with Gasteiger partial charge in [-0.25, -0.2) is 4.39 Å². The Morgan fingerprint density at radius 1 is 0.853 bits per heavy atom. The van der Waals surface area contributed by atoms with Crippen LogP contribution in [0.5, 0.6) is 0 Å². The Morgan fingerprint density at radius 2 is 1.35 bits per heavy atom. The molecule has 3 rings (SSSR count). The summed E-state index contributed by atoms with van der Waals surface area (Å²) in [5.74, 6) is -1.06. The van der Waals surface area contributed by atoms with E-state index >= 15 is 0 Å². The Bertz CT molecular complexity index is 1050. The monoisotopic (exact) mass is 460 g/mol. The Labute approximate surface area is 201 Å². The molecule has 0 unspecified atom stereocenters. The fourth-order valence-electron chi connectivity index (χ4n) is 3.96. The number of hydrogen-bond donors (Lipinski definition) is 1. The van der Waals surface area contributed by atoms with Gasteiger partial charge in [0.05, 0.1) is 0 Å². The molecule has 178 valence electrons. The normalized spacial score (nSPS) is 12.3. The molecule has 0 spiro atoms. The average molecular weight is 461 g/mol. The van der Waals surface area contributed by atoms with Gasteiger partial charge >= 0.3 is 0 Å². The minimum absolute atomic E-state index is 0.0144. The lowest BCUT2D eigenvalue weighted by atomic mass is 9.88. The van der Waals surface area contributed by atoms with Gasteiger partial charge in [0.1, 0.15) is 11.9 Å². The van der Waals surface area contributed by atoms with Crippen LogP contribution in [0.3, 0.4) is 0 Å². The molecule has 0 radical (unpaired) electrons. The highest BCUT2D eigenvalue weighted by atomic mass is 19.1. The molecular formula is C29H33FN2O2. The molecule has 3 aromatic rings. The summed E-state index contributed by atoms with van der Waals surface area (Å²) in [4.78, 5) is 28.2. The maximum atomic E-state index is 14.5. The van der Waals surface area contributed by atoms with Gasteiger partial charge in [-0.3, -0.25) is 9.59 Å². The summed E-state index contributed by atoms with van der Waals surface area (Å²) in [6.07, 6.45) is 0.162. The Kier molecular flexibility index (Phi) is 8.21. The van der Waals surface area contributed by atoms with Crippen LogP contribution in [-0.2, 0) is 16.1 Å². The van der Waals surface area contributed by atoms with Gasteiger partial charge in [-0.1, -0.05) is 78.9 Å². The van der Waals surface area contributed by atoms with Gasteiger partial charge in [0.25, 0.3) is 0 Å². The minimum atomic E-state index is -0.765. The van der Waals surface area contributed by atoms with E-state index in [4.69, 9.17) is 0 Å². The highest BCUT2D eigenvalue weighted by Crippen LogP contribution is 2.29. The zero-order chi connectivity index (χ0) is 24.7. The van der Waals surface area contributed by atoms with E-state index in [0.29, 0.717) is 5.56 Å². The number of rotatable bonds is 8. The first kappa shape index (κ1) is 25.2. The van der Waals surface area contributed by atoms with Gasteiger partial charge in [0, 0.05) is 30.0 Å². The lowest BCUT2D eigenvalue weighted by Crippen LogP contribution is -2.52. The van der Waals surface area contributed by atoms with Gasteiger partial charge in [-0.05, 0) is 44.9 Å². The number of amides is 2. The Balaban J connectivity index is 1.94. The maximum absolute atomic E-state index is 14.5. The number of carbonyl (C=O) groups is 2. The largest absolute Gasteiger partial charge is 0.350 e. The smallest absolute Gasteiger partial charge is 0.242 e. The Morgan fingerprint density at radius 3 is 1.85 bits per heavy atom. The van der Waals surface area contributed by atoms with Crippen molar-refractivity contribution < 1.29 is 14.0 Å². The summed E-state index contributed by atoms with van der Waals surface area (Å²) in [6, 6.07) is 25.3. The molecule has 0 bridgehead atoms. The molecule has 0 aliphatic heterocycles. The third kappa shape index (κ3) is 6.77. The van der Waals surface area contributed by atoms with E-state index in [2.05, 4.69) is 5.32 Å². The first-order valence-corrected chi connectivity index (χ1v) is 11.6. The molecule has 2 amide bonds. The van der Waals surface area contributed by atoms with Crippen molar-refractivity contribution in [3.63, 3.8) is 0 Å². The molecule has 34 heavy (non-hydrogen) atoms. The second-order valence-electron chi connectivity index (χ2n) is 9.61. The van der Waals surface area contributed by atoms with E-state index in [1.54, 1.807) is 25.1 Å². The van der Waals surface area contributed by atoms with Gasteiger partial charge < -0.3 is 10.2 Å². The number of benzene rings is 3. The van der Waals surface area contributed by atoms with Crippen LogP contribution in [0, 0.1) is 5.82 Å². The van der Waals surface area contributed by atoms with E-state index in [0.717, 1.165) is 11.1 Å². The first-order valence-electron chi connectivity index (χ1n) is 11.6. The van der Waals surface area contributed by atoms with Crippen molar-refractivity contribution in [1.82, 2.24) is 10.2 Å². The molecule has 0 aromatic heterocycles. The van der Waals surface area contributed by atoms with Crippen LogP contribution in [0.15, 0.2) is 84.9 Å². The first-order chi connectivity index (χ1) is 16.2. The lowest BCUT2D eigenvalue weighted by molar-refractivity contribution is -0.141. The van der Waals surface area contributed by atoms with E-state index in [-0.39, 0.29) is 30.7 Å². The van der Waals surface area contributed by atoms with Gasteiger partial charge in [0.2, 0.25) is 11.8 Å². The van der Waals surface area contributed by atoms with Crippen molar-refractivity contribution in [2.75, 3.05) is 0 Å². The SMILES string of the molecule is C[C@H](C(=O)NC(C)(C)C)N(Cc1ccccc1F)C(=O)CC(c1ccccc1)c1ccccc1. The van der Waals surface area contributed by atoms with Crippen LogP contribution in [0.25, 0.3) is 0 Å². The number of carbonyl (C=O) groups excluding carboxylic acids is 2. The summed E-state index contributed by atoms with van der Waals surface area (Å²) in [5, 5.41) is 2.94. The number of nitrogens with one attached hydrogen (secondary N) is 1. The third-order valence-corrected chi connectivity index (χ3v) is 5.75. The fourth-order valence-corrected chi connectivity index (χ4v) is 3.96. The lowest BCUT2D eigenvalue weighted by Gasteiger charge is -2.32.